The van der Waals surface area contributed by atoms with Crippen molar-refractivity contribution in [3.8, 4) is 0 Å². The van der Waals surface area contributed by atoms with E-state index in [1.165, 1.54) is 5.56 Å². The van der Waals surface area contributed by atoms with Gasteiger partial charge in [0.05, 0.1) is 6.61 Å². The van der Waals surface area contributed by atoms with Gasteiger partial charge >= 0.3 is 5.97 Å². The second-order valence-electron chi connectivity index (χ2n) is 4.16. The van der Waals surface area contributed by atoms with Gasteiger partial charge in [-0.05, 0) is 31.4 Å². The molecule has 0 amide bonds. The van der Waals surface area contributed by atoms with Crippen LogP contribution in [-0.2, 0) is 16.0 Å². The van der Waals surface area contributed by atoms with Gasteiger partial charge in [0.15, 0.2) is 0 Å². The highest BCUT2D eigenvalue weighted by atomic mass is 16.5. The predicted octanol–water partition coefficient (Wildman–Crippen LogP) is 1.95. The van der Waals surface area contributed by atoms with Crippen LogP contribution in [0.1, 0.15) is 32.3 Å². The average molecular weight is 250 g/mol. The fraction of sp³-hybridized carbons (Fsp3) is 0.571. The van der Waals surface area contributed by atoms with E-state index in [9.17, 15) is 4.79 Å². The largest absolute Gasteiger partial charge is 0.465 e. The maximum Gasteiger partial charge on any atom is 0.323 e. The first-order valence-corrected chi connectivity index (χ1v) is 6.56. The van der Waals surface area contributed by atoms with Gasteiger partial charge in [-0.3, -0.25) is 9.78 Å². The van der Waals surface area contributed by atoms with Crippen LogP contribution in [0.15, 0.2) is 24.5 Å². The Hall–Kier alpha value is -1.42. The third-order valence-corrected chi connectivity index (χ3v) is 2.68. The molecule has 0 spiro atoms. The maximum atomic E-state index is 11.7. The highest BCUT2D eigenvalue weighted by Gasteiger charge is 2.17. The molecule has 1 aromatic rings. The highest BCUT2D eigenvalue weighted by molar-refractivity contribution is 5.75. The Balaban J connectivity index is 2.35. The first-order valence-electron chi connectivity index (χ1n) is 6.56. The molecule has 4 heteroatoms. The van der Waals surface area contributed by atoms with Crippen molar-refractivity contribution in [2.75, 3.05) is 13.2 Å². The lowest BCUT2D eigenvalue weighted by atomic mass is 10.1. The van der Waals surface area contributed by atoms with Crippen LogP contribution in [0.5, 0.6) is 0 Å². The zero-order valence-corrected chi connectivity index (χ0v) is 11.2. The Morgan fingerprint density at radius 3 is 2.94 bits per heavy atom. The first kappa shape index (κ1) is 14.6. The van der Waals surface area contributed by atoms with Crippen molar-refractivity contribution < 1.29 is 9.53 Å². The van der Waals surface area contributed by atoms with E-state index in [2.05, 4.69) is 17.2 Å². The molecule has 0 saturated heterocycles. The fourth-order valence-corrected chi connectivity index (χ4v) is 1.77. The Bertz CT molecular complexity index is 341. The van der Waals surface area contributed by atoms with Crippen LogP contribution >= 0.6 is 0 Å². The lowest BCUT2D eigenvalue weighted by molar-refractivity contribution is -0.145. The van der Waals surface area contributed by atoms with E-state index >= 15 is 0 Å². The number of aromatic nitrogens is 1. The molecule has 0 aliphatic carbocycles. The molecule has 1 N–H and O–H groups in total. The molecule has 1 unspecified atom stereocenters. The summed E-state index contributed by atoms with van der Waals surface area (Å²) in [6, 6.07) is 3.77. The standard InChI is InChI=1S/C14H22N2O2/c1-3-6-13(14(17)18-4-2)16-10-8-12-7-5-9-15-11-12/h5,7,9,11,13,16H,3-4,6,8,10H2,1-2H3. The number of hydrogen-bond donors (Lipinski definition) is 1. The van der Waals surface area contributed by atoms with E-state index in [-0.39, 0.29) is 12.0 Å². The number of carbonyl (C=O) groups excluding carboxylic acids is 1. The number of hydrogen-bond acceptors (Lipinski definition) is 4. The normalized spacial score (nSPS) is 12.1. The number of ether oxygens (including phenoxy) is 1. The van der Waals surface area contributed by atoms with Crippen molar-refractivity contribution in [2.45, 2.75) is 39.2 Å². The summed E-state index contributed by atoms with van der Waals surface area (Å²) in [6.07, 6.45) is 6.25. The molecule has 18 heavy (non-hydrogen) atoms. The molecule has 0 bridgehead atoms. The molecule has 0 aromatic carbocycles. The average Bonchev–Trinajstić information content (AvgIpc) is 2.39. The minimum atomic E-state index is -0.188. The summed E-state index contributed by atoms with van der Waals surface area (Å²) >= 11 is 0. The van der Waals surface area contributed by atoms with E-state index in [1.807, 2.05) is 25.3 Å². The zero-order chi connectivity index (χ0) is 13.2. The van der Waals surface area contributed by atoms with Crippen LogP contribution in [0.2, 0.25) is 0 Å². The molecular weight excluding hydrogens is 228 g/mol. The van der Waals surface area contributed by atoms with Crippen LogP contribution in [0.25, 0.3) is 0 Å². The lowest BCUT2D eigenvalue weighted by Gasteiger charge is -2.16. The molecule has 1 aromatic heterocycles. The van der Waals surface area contributed by atoms with Gasteiger partial charge in [0.25, 0.3) is 0 Å². The third kappa shape index (κ3) is 5.27. The summed E-state index contributed by atoms with van der Waals surface area (Å²) in [6.45, 7) is 5.09. The zero-order valence-electron chi connectivity index (χ0n) is 11.2. The smallest absolute Gasteiger partial charge is 0.323 e. The van der Waals surface area contributed by atoms with Crippen molar-refractivity contribution in [3.05, 3.63) is 30.1 Å². The molecule has 0 radical (unpaired) electrons. The van der Waals surface area contributed by atoms with Gasteiger partial charge in [0, 0.05) is 18.9 Å². The first-order chi connectivity index (χ1) is 8.77. The van der Waals surface area contributed by atoms with Crippen LogP contribution in [-0.4, -0.2) is 30.1 Å². The molecule has 4 nitrogen and oxygen atoms in total. The predicted molar refractivity (Wildman–Crippen MR) is 71.3 cm³/mol. The van der Waals surface area contributed by atoms with Crippen LogP contribution < -0.4 is 5.32 Å². The molecule has 0 aliphatic rings. The van der Waals surface area contributed by atoms with Crippen molar-refractivity contribution in [3.63, 3.8) is 0 Å². The monoisotopic (exact) mass is 250 g/mol. The number of carbonyl (C=O) groups is 1. The summed E-state index contributed by atoms with van der Waals surface area (Å²) in [4.78, 5) is 15.7. The van der Waals surface area contributed by atoms with Crippen molar-refractivity contribution in [1.29, 1.82) is 0 Å². The number of rotatable bonds is 8. The molecule has 0 fully saturated rings. The Labute approximate surface area is 109 Å². The van der Waals surface area contributed by atoms with E-state index in [1.54, 1.807) is 6.20 Å². The van der Waals surface area contributed by atoms with E-state index in [0.717, 1.165) is 25.8 Å². The SMILES string of the molecule is CCCC(NCCc1cccnc1)C(=O)OCC. The van der Waals surface area contributed by atoms with Gasteiger partial charge in [0.1, 0.15) is 6.04 Å². The number of nitrogens with zero attached hydrogens (tertiary/aromatic N) is 1. The minimum Gasteiger partial charge on any atom is -0.465 e. The minimum absolute atomic E-state index is 0.148. The molecule has 0 saturated carbocycles. The molecule has 1 heterocycles. The van der Waals surface area contributed by atoms with Gasteiger partial charge in [-0.25, -0.2) is 0 Å². The number of pyridine rings is 1. The quantitative estimate of drug-likeness (QED) is 0.716. The van der Waals surface area contributed by atoms with Crippen LogP contribution in [0.4, 0.5) is 0 Å². The van der Waals surface area contributed by atoms with Crippen LogP contribution in [0.3, 0.4) is 0 Å². The van der Waals surface area contributed by atoms with Crippen molar-refractivity contribution >= 4 is 5.97 Å². The summed E-state index contributed by atoms with van der Waals surface area (Å²) < 4.78 is 5.05. The second kappa shape index (κ2) is 8.64. The van der Waals surface area contributed by atoms with E-state index in [4.69, 9.17) is 4.74 Å². The summed E-state index contributed by atoms with van der Waals surface area (Å²) in [7, 11) is 0. The lowest BCUT2D eigenvalue weighted by Crippen LogP contribution is -2.39. The Kier molecular flexibility index (Phi) is 7.03. The fourth-order valence-electron chi connectivity index (χ4n) is 1.77. The molecule has 0 aliphatic heterocycles. The van der Waals surface area contributed by atoms with Gasteiger partial charge in [-0.15, -0.1) is 0 Å². The Morgan fingerprint density at radius 2 is 2.33 bits per heavy atom. The topological polar surface area (TPSA) is 51.2 Å². The van der Waals surface area contributed by atoms with Gasteiger partial charge < -0.3 is 10.1 Å². The summed E-state index contributed by atoms with van der Waals surface area (Å²) in [5.41, 5.74) is 1.17. The third-order valence-electron chi connectivity index (χ3n) is 2.68. The molecule has 100 valence electrons. The van der Waals surface area contributed by atoms with Gasteiger partial charge in [0.2, 0.25) is 0 Å². The van der Waals surface area contributed by atoms with Gasteiger partial charge in [-0.2, -0.15) is 0 Å². The number of esters is 1. The van der Waals surface area contributed by atoms with E-state index in [0.29, 0.717) is 6.61 Å². The van der Waals surface area contributed by atoms with Gasteiger partial charge in [-0.1, -0.05) is 19.4 Å². The molecule has 1 rings (SSSR count). The summed E-state index contributed by atoms with van der Waals surface area (Å²) in [5.74, 6) is -0.148. The van der Waals surface area contributed by atoms with Crippen molar-refractivity contribution in [2.24, 2.45) is 0 Å². The van der Waals surface area contributed by atoms with Crippen molar-refractivity contribution in [1.82, 2.24) is 10.3 Å². The van der Waals surface area contributed by atoms with E-state index < -0.39 is 0 Å². The second-order valence-corrected chi connectivity index (χ2v) is 4.16. The van der Waals surface area contributed by atoms with Crippen LogP contribution in [0, 0.1) is 0 Å². The molecule has 1 atom stereocenters. The Morgan fingerprint density at radius 1 is 1.50 bits per heavy atom. The maximum absolute atomic E-state index is 11.7. The molecular formula is C14H22N2O2. The number of nitrogens with one attached hydrogen (secondary N) is 1. The highest BCUT2D eigenvalue weighted by Crippen LogP contribution is 2.01. The summed E-state index contributed by atoms with van der Waals surface area (Å²) in [5, 5.41) is 3.25.